The molecule has 0 aliphatic rings. The van der Waals surface area contributed by atoms with E-state index in [2.05, 4.69) is 15.6 Å². The summed E-state index contributed by atoms with van der Waals surface area (Å²) < 4.78 is 5.04. The molecule has 0 aliphatic heterocycles. The molecule has 3 N–H and O–H groups in total. The largest absolute Gasteiger partial charge is 0.480 e. The number of carbonyl (C=O) groups excluding carboxylic acids is 2. The number of aromatic nitrogens is 1. The molecule has 1 aromatic heterocycles. The van der Waals surface area contributed by atoms with Crippen molar-refractivity contribution in [3.05, 3.63) is 66.0 Å². The van der Waals surface area contributed by atoms with Crippen LogP contribution in [0, 0.1) is 0 Å². The van der Waals surface area contributed by atoms with Gasteiger partial charge < -0.3 is 20.5 Å². The molecule has 142 valence electrons. The van der Waals surface area contributed by atoms with Crippen molar-refractivity contribution in [3.8, 4) is 0 Å². The van der Waals surface area contributed by atoms with E-state index in [0.717, 1.165) is 11.1 Å². The number of pyridine rings is 1. The number of ether oxygens (including phenoxy) is 1. The summed E-state index contributed by atoms with van der Waals surface area (Å²) in [6.45, 7) is -0.399. The summed E-state index contributed by atoms with van der Waals surface area (Å²) in [5, 5.41) is 14.3. The summed E-state index contributed by atoms with van der Waals surface area (Å²) in [6.07, 6.45) is 3.43. The summed E-state index contributed by atoms with van der Waals surface area (Å²) >= 11 is 0. The highest BCUT2D eigenvalue weighted by Crippen LogP contribution is 2.03. The molecule has 0 aliphatic carbocycles. The van der Waals surface area contributed by atoms with E-state index in [1.54, 1.807) is 42.7 Å². The number of carboxylic acids is 1. The van der Waals surface area contributed by atoms with Gasteiger partial charge in [0.25, 0.3) is 0 Å². The highest BCUT2D eigenvalue weighted by Gasteiger charge is 2.20. The zero-order valence-corrected chi connectivity index (χ0v) is 14.6. The summed E-state index contributed by atoms with van der Waals surface area (Å²) in [5.74, 6) is -2.12. The lowest BCUT2D eigenvalue weighted by Crippen LogP contribution is -2.44. The van der Waals surface area contributed by atoms with Crippen molar-refractivity contribution in [2.75, 3.05) is 13.2 Å². The van der Waals surface area contributed by atoms with E-state index in [0.29, 0.717) is 6.54 Å². The molecule has 0 saturated carbocycles. The fourth-order valence-corrected chi connectivity index (χ4v) is 2.28. The summed E-state index contributed by atoms with van der Waals surface area (Å²) in [7, 11) is 0. The van der Waals surface area contributed by atoms with Crippen LogP contribution in [0.25, 0.3) is 0 Å². The van der Waals surface area contributed by atoms with Gasteiger partial charge in [-0.05, 0) is 17.2 Å². The number of benzene rings is 1. The number of carboxylic acid groups (broad SMARTS) is 1. The van der Waals surface area contributed by atoms with Crippen LogP contribution in [0.1, 0.15) is 11.1 Å². The lowest BCUT2D eigenvalue weighted by atomic mass is 10.1. The first-order chi connectivity index (χ1) is 13.0. The molecule has 0 bridgehead atoms. The summed E-state index contributed by atoms with van der Waals surface area (Å²) in [4.78, 5) is 38.8. The van der Waals surface area contributed by atoms with Crippen LogP contribution >= 0.6 is 0 Å². The number of amides is 2. The third-order valence-corrected chi connectivity index (χ3v) is 3.59. The SMILES string of the molecule is O=C(COCC(=O)N[C@H](Cc1ccccc1)C(=O)O)NCc1cccnc1. The van der Waals surface area contributed by atoms with Gasteiger partial charge in [-0.15, -0.1) is 0 Å². The Bertz CT molecular complexity index is 752. The molecule has 2 rings (SSSR count). The minimum absolute atomic E-state index is 0.160. The van der Waals surface area contributed by atoms with Crippen LogP contribution in [0.5, 0.6) is 0 Å². The number of hydrogen-bond donors (Lipinski definition) is 3. The first-order valence-corrected chi connectivity index (χ1v) is 8.34. The van der Waals surface area contributed by atoms with Gasteiger partial charge in [-0.1, -0.05) is 36.4 Å². The van der Waals surface area contributed by atoms with Gasteiger partial charge in [0, 0.05) is 25.4 Å². The van der Waals surface area contributed by atoms with E-state index >= 15 is 0 Å². The molecule has 1 aromatic carbocycles. The minimum atomic E-state index is -1.14. The van der Waals surface area contributed by atoms with Gasteiger partial charge in [-0.2, -0.15) is 0 Å². The number of carbonyl (C=O) groups is 3. The quantitative estimate of drug-likeness (QED) is 0.561. The monoisotopic (exact) mass is 371 g/mol. The van der Waals surface area contributed by atoms with Crippen molar-refractivity contribution in [1.29, 1.82) is 0 Å². The lowest BCUT2D eigenvalue weighted by Gasteiger charge is -2.14. The van der Waals surface area contributed by atoms with Gasteiger partial charge in [0.05, 0.1) is 0 Å². The van der Waals surface area contributed by atoms with E-state index in [4.69, 9.17) is 4.74 Å². The van der Waals surface area contributed by atoms with Crippen LogP contribution in [-0.2, 0) is 32.1 Å². The minimum Gasteiger partial charge on any atom is -0.480 e. The van der Waals surface area contributed by atoms with Crippen molar-refractivity contribution in [2.24, 2.45) is 0 Å². The van der Waals surface area contributed by atoms with E-state index < -0.39 is 24.5 Å². The molecule has 0 spiro atoms. The maximum absolute atomic E-state index is 11.9. The molecule has 1 heterocycles. The zero-order valence-electron chi connectivity index (χ0n) is 14.6. The molecule has 0 fully saturated rings. The summed E-state index contributed by atoms with van der Waals surface area (Å²) in [6, 6.07) is 11.5. The second-order valence-corrected chi connectivity index (χ2v) is 5.78. The van der Waals surface area contributed by atoms with Crippen LogP contribution in [-0.4, -0.2) is 47.1 Å². The van der Waals surface area contributed by atoms with Crippen molar-refractivity contribution >= 4 is 17.8 Å². The van der Waals surface area contributed by atoms with Gasteiger partial charge in [-0.3, -0.25) is 14.6 Å². The van der Waals surface area contributed by atoms with Crippen molar-refractivity contribution in [2.45, 2.75) is 19.0 Å². The normalized spacial score (nSPS) is 11.4. The number of rotatable bonds is 10. The highest BCUT2D eigenvalue weighted by atomic mass is 16.5. The Hall–Kier alpha value is -3.26. The molecule has 27 heavy (non-hydrogen) atoms. The fraction of sp³-hybridized carbons (Fsp3) is 0.263. The van der Waals surface area contributed by atoms with Gasteiger partial charge in [0.15, 0.2) is 0 Å². The molecule has 2 aromatic rings. The van der Waals surface area contributed by atoms with Crippen molar-refractivity contribution in [1.82, 2.24) is 15.6 Å². The second kappa shape index (κ2) is 10.7. The van der Waals surface area contributed by atoms with E-state index in [9.17, 15) is 19.5 Å². The standard InChI is InChI=1S/C19H21N3O5/c23-17(21-11-15-7-4-8-20-10-15)12-27-13-18(24)22-16(19(25)26)9-14-5-2-1-3-6-14/h1-8,10,16H,9,11-13H2,(H,21,23)(H,22,24)(H,25,26)/t16-/m1/s1. The molecular formula is C19H21N3O5. The topological polar surface area (TPSA) is 118 Å². The van der Waals surface area contributed by atoms with Crippen molar-refractivity contribution < 1.29 is 24.2 Å². The highest BCUT2D eigenvalue weighted by molar-refractivity contribution is 5.84. The van der Waals surface area contributed by atoms with Crippen LogP contribution in [0.4, 0.5) is 0 Å². The Morgan fingerprint density at radius 3 is 2.37 bits per heavy atom. The third-order valence-electron chi connectivity index (χ3n) is 3.59. The van der Waals surface area contributed by atoms with Gasteiger partial charge in [-0.25, -0.2) is 4.79 Å². The Balaban J connectivity index is 1.69. The molecular weight excluding hydrogens is 350 g/mol. The Kier molecular flexibility index (Phi) is 7.92. The zero-order chi connectivity index (χ0) is 19.5. The van der Waals surface area contributed by atoms with Crippen LogP contribution in [0.15, 0.2) is 54.9 Å². The predicted octanol–water partition coefficient (Wildman–Crippen LogP) is 0.527. The average Bonchev–Trinajstić information content (AvgIpc) is 2.67. The molecule has 1 atom stereocenters. The first kappa shape index (κ1) is 20.1. The number of aliphatic carboxylic acids is 1. The Morgan fingerprint density at radius 1 is 1.00 bits per heavy atom. The van der Waals surface area contributed by atoms with Crippen LogP contribution < -0.4 is 10.6 Å². The maximum Gasteiger partial charge on any atom is 0.326 e. The maximum atomic E-state index is 11.9. The Labute approximate surface area is 156 Å². The molecule has 0 radical (unpaired) electrons. The number of hydrogen-bond acceptors (Lipinski definition) is 5. The fourth-order valence-electron chi connectivity index (χ4n) is 2.28. The molecule has 2 amide bonds. The number of nitrogens with zero attached hydrogens (tertiary/aromatic N) is 1. The van der Waals surface area contributed by atoms with Crippen LogP contribution in [0.3, 0.4) is 0 Å². The summed E-state index contributed by atoms with van der Waals surface area (Å²) in [5.41, 5.74) is 1.63. The molecule has 0 saturated heterocycles. The van der Waals surface area contributed by atoms with Gasteiger partial charge >= 0.3 is 5.97 Å². The first-order valence-electron chi connectivity index (χ1n) is 8.34. The van der Waals surface area contributed by atoms with E-state index in [1.807, 2.05) is 12.1 Å². The lowest BCUT2D eigenvalue weighted by molar-refractivity contribution is -0.143. The average molecular weight is 371 g/mol. The third kappa shape index (κ3) is 7.66. The smallest absolute Gasteiger partial charge is 0.326 e. The van der Waals surface area contributed by atoms with E-state index in [1.165, 1.54) is 0 Å². The van der Waals surface area contributed by atoms with E-state index in [-0.39, 0.29) is 18.9 Å². The molecule has 0 unspecified atom stereocenters. The van der Waals surface area contributed by atoms with Gasteiger partial charge in [0.1, 0.15) is 19.3 Å². The van der Waals surface area contributed by atoms with Crippen molar-refractivity contribution in [3.63, 3.8) is 0 Å². The molecule has 8 heteroatoms. The molecule has 8 nitrogen and oxygen atoms in total. The van der Waals surface area contributed by atoms with Crippen LogP contribution in [0.2, 0.25) is 0 Å². The number of nitrogens with one attached hydrogen (secondary N) is 2. The van der Waals surface area contributed by atoms with Gasteiger partial charge in [0.2, 0.25) is 11.8 Å². The second-order valence-electron chi connectivity index (χ2n) is 5.78. The predicted molar refractivity (Wildman–Crippen MR) is 96.6 cm³/mol. The Morgan fingerprint density at radius 2 is 1.70 bits per heavy atom.